The minimum atomic E-state index is -0.0553. The number of hydrogen-bond donors (Lipinski definition) is 2. The molecule has 0 amide bonds. The molecule has 2 nitrogen and oxygen atoms in total. The van der Waals surface area contributed by atoms with Gasteiger partial charge in [-0.3, -0.25) is 0 Å². The minimum Gasteiger partial charge on any atom is -0.329 e. The van der Waals surface area contributed by atoms with Crippen LogP contribution in [0.5, 0.6) is 0 Å². The van der Waals surface area contributed by atoms with Crippen molar-refractivity contribution in [2.75, 3.05) is 13.1 Å². The molecule has 2 heteroatoms. The lowest BCUT2D eigenvalue weighted by Gasteiger charge is -2.30. The Morgan fingerprint density at radius 3 is 2.50 bits per heavy atom. The maximum Gasteiger partial charge on any atom is 0.0318 e. The van der Waals surface area contributed by atoms with Gasteiger partial charge in [-0.25, -0.2) is 0 Å². The van der Waals surface area contributed by atoms with Gasteiger partial charge in [-0.05, 0) is 25.8 Å². The molecule has 0 heterocycles. The first-order valence-electron chi connectivity index (χ1n) is 5.69. The Morgan fingerprint density at radius 1 is 1.38 bits per heavy atom. The van der Waals surface area contributed by atoms with Gasteiger partial charge in [0.25, 0.3) is 0 Å². The SMILES string of the molecule is C=C(C)CNC(C)(CN)Cc1ccccc1. The zero-order valence-electron chi connectivity index (χ0n) is 10.3. The van der Waals surface area contributed by atoms with E-state index in [4.69, 9.17) is 5.73 Å². The highest BCUT2D eigenvalue weighted by atomic mass is 15.0. The molecule has 1 unspecified atom stereocenters. The van der Waals surface area contributed by atoms with Crippen LogP contribution in [0.25, 0.3) is 0 Å². The first-order chi connectivity index (χ1) is 7.56. The standard InChI is InChI=1S/C14H22N2/c1-12(2)10-16-14(3,11-15)9-13-7-5-4-6-8-13/h4-8,16H,1,9-11,15H2,2-3H3. The highest BCUT2D eigenvalue weighted by Crippen LogP contribution is 2.12. The van der Waals surface area contributed by atoms with Gasteiger partial charge in [-0.1, -0.05) is 42.5 Å². The smallest absolute Gasteiger partial charge is 0.0318 e. The van der Waals surface area contributed by atoms with E-state index in [0.717, 1.165) is 18.5 Å². The van der Waals surface area contributed by atoms with Crippen LogP contribution in [-0.4, -0.2) is 18.6 Å². The molecule has 0 saturated carbocycles. The van der Waals surface area contributed by atoms with Crippen molar-refractivity contribution in [1.29, 1.82) is 0 Å². The minimum absolute atomic E-state index is 0.0553. The van der Waals surface area contributed by atoms with Gasteiger partial charge < -0.3 is 11.1 Å². The first-order valence-corrected chi connectivity index (χ1v) is 5.69. The van der Waals surface area contributed by atoms with Crippen LogP contribution in [0.4, 0.5) is 0 Å². The van der Waals surface area contributed by atoms with E-state index in [0.29, 0.717) is 6.54 Å². The Morgan fingerprint density at radius 2 is 2.00 bits per heavy atom. The van der Waals surface area contributed by atoms with Crippen molar-refractivity contribution in [1.82, 2.24) is 5.32 Å². The van der Waals surface area contributed by atoms with Crippen LogP contribution >= 0.6 is 0 Å². The molecule has 3 N–H and O–H groups in total. The summed E-state index contributed by atoms with van der Waals surface area (Å²) in [5, 5.41) is 3.47. The average Bonchev–Trinajstić information content (AvgIpc) is 2.28. The maximum atomic E-state index is 5.85. The summed E-state index contributed by atoms with van der Waals surface area (Å²) in [7, 11) is 0. The molecule has 0 aliphatic rings. The quantitative estimate of drug-likeness (QED) is 0.718. The van der Waals surface area contributed by atoms with Crippen LogP contribution in [0.3, 0.4) is 0 Å². The maximum absolute atomic E-state index is 5.85. The fraction of sp³-hybridized carbons (Fsp3) is 0.429. The highest BCUT2D eigenvalue weighted by Gasteiger charge is 2.21. The van der Waals surface area contributed by atoms with E-state index in [1.165, 1.54) is 5.56 Å². The van der Waals surface area contributed by atoms with E-state index in [9.17, 15) is 0 Å². The summed E-state index contributed by atoms with van der Waals surface area (Å²) < 4.78 is 0. The number of hydrogen-bond acceptors (Lipinski definition) is 2. The normalized spacial score (nSPS) is 14.4. The van der Waals surface area contributed by atoms with Crippen LogP contribution in [0.2, 0.25) is 0 Å². The van der Waals surface area contributed by atoms with Crippen molar-refractivity contribution in [3.8, 4) is 0 Å². The molecule has 0 aliphatic heterocycles. The van der Waals surface area contributed by atoms with Gasteiger partial charge in [0.1, 0.15) is 0 Å². The Kier molecular flexibility index (Phi) is 4.71. The molecule has 1 rings (SSSR count). The average molecular weight is 218 g/mol. The van der Waals surface area contributed by atoms with Crippen LogP contribution in [0.15, 0.2) is 42.5 Å². The molecule has 16 heavy (non-hydrogen) atoms. The van der Waals surface area contributed by atoms with Gasteiger partial charge in [0.15, 0.2) is 0 Å². The van der Waals surface area contributed by atoms with E-state index >= 15 is 0 Å². The van der Waals surface area contributed by atoms with Crippen LogP contribution in [-0.2, 0) is 6.42 Å². The Balaban J connectivity index is 2.62. The topological polar surface area (TPSA) is 38.0 Å². The summed E-state index contributed by atoms with van der Waals surface area (Å²) in [5.74, 6) is 0. The van der Waals surface area contributed by atoms with Gasteiger partial charge in [0.2, 0.25) is 0 Å². The molecule has 0 fully saturated rings. The van der Waals surface area contributed by atoms with Gasteiger partial charge >= 0.3 is 0 Å². The van der Waals surface area contributed by atoms with Crippen LogP contribution in [0, 0.1) is 0 Å². The highest BCUT2D eigenvalue weighted by molar-refractivity contribution is 5.18. The van der Waals surface area contributed by atoms with Crippen LogP contribution < -0.4 is 11.1 Å². The van der Waals surface area contributed by atoms with Crippen molar-refractivity contribution in [3.63, 3.8) is 0 Å². The predicted octanol–water partition coefficient (Wildman–Crippen LogP) is 2.11. The lowest BCUT2D eigenvalue weighted by atomic mass is 9.92. The molecule has 88 valence electrons. The van der Waals surface area contributed by atoms with Gasteiger partial charge in [-0.15, -0.1) is 0 Å². The van der Waals surface area contributed by atoms with Gasteiger partial charge in [0, 0.05) is 18.6 Å². The largest absolute Gasteiger partial charge is 0.329 e. The van der Waals surface area contributed by atoms with Gasteiger partial charge in [0.05, 0.1) is 0 Å². The lowest BCUT2D eigenvalue weighted by Crippen LogP contribution is -2.50. The number of benzene rings is 1. The predicted molar refractivity (Wildman–Crippen MR) is 70.4 cm³/mol. The van der Waals surface area contributed by atoms with E-state index in [1.807, 2.05) is 13.0 Å². The fourth-order valence-corrected chi connectivity index (χ4v) is 1.62. The molecular formula is C14H22N2. The summed E-state index contributed by atoms with van der Waals surface area (Å²) in [6, 6.07) is 10.4. The number of rotatable bonds is 6. The third-order valence-electron chi connectivity index (χ3n) is 2.70. The summed E-state index contributed by atoms with van der Waals surface area (Å²) in [6.45, 7) is 9.51. The monoisotopic (exact) mass is 218 g/mol. The van der Waals surface area contributed by atoms with Crippen molar-refractivity contribution in [2.45, 2.75) is 25.8 Å². The fourth-order valence-electron chi connectivity index (χ4n) is 1.62. The second-order valence-corrected chi connectivity index (χ2v) is 4.74. The molecule has 1 atom stereocenters. The molecule has 0 aromatic heterocycles. The van der Waals surface area contributed by atoms with E-state index in [2.05, 4.69) is 43.1 Å². The Bertz CT molecular complexity index is 332. The summed E-state index contributed by atoms with van der Waals surface area (Å²) in [6.07, 6.45) is 0.942. The zero-order chi connectivity index (χ0) is 12.0. The second-order valence-electron chi connectivity index (χ2n) is 4.74. The summed E-state index contributed by atoms with van der Waals surface area (Å²) in [4.78, 5) is 0. The molecule has 0 aliphatic carbocycles. The third kappa shape index (κ3) is 4.17. The third-order valence-corrected chi connectivity index (χ3v) is 2.70. The number of nitrogens with one attached hydrogen (secondary N) is 1. The molecule has 0 bridgehead atoms. The molecule has 0 spiro atoms. The van der Waals surface area contributed by atoms with Crippen molar-refractivity contribution < 1.29 is 0 Å². The van der Waals surface area contributed by atoms with Gasteiger partial charge in [-0.2, -0.15) is 0 Å². The van der Waals surface area contributed by atoms with E-state index < -0.39 is 0 Å². The van der Waals surface area contributed by atoms with Crippen LogP contribution in [0.1, 0.15) is 19.4 Å². The molecule has 0 saturated heterocycles. The number of nitrogens with two attached hydrogens (primary N) is 1. The molecular weight excluding hydrogens is 196 g/mol. The molecule has 0 radical (unpaired) electrons. The molecule has 1 aromatic rings. The van der Waals surface area contributed by atoms with E-state index in [-0.39, 0.29) is 5.54 Å². The zero-order valence-corrected chi connectivity index (χ0v) is 10.3. The first kappa shape index (κ1) is 12.9. The van der Waals surface area contributed by atoms with Crippen molar-refractivity contribution >= 4 is 0 Å². The summed E-state index contributed by atoms with van der Waals surface area (Å²) in [5.41, 5.74) is 8.24. The van der Waals surface area contributed by atoms with E-state index in [1.54, 1.807) is 0 Å². The summed E-state index contributed by atoms with van der Waals surface area (Å²) >= 11 is 0. The molecule has 1 aromatic carbocycles. The second kappa shape index (κ2) is 5.83. The van der Waals surface area contributed by atoms with Crippen molar-refractivity contribution in [2.24, 2.45) is 5.73 Å². The lowest BCUT2D eigenvalue weighted by molar-refractivity contribution is 0.375. The van der Waals surface area contributed by atoms with Crippen molar-refractivity contribution in [3.05, 3.63) is 48.0 Å². The Labute approximate surface area is 98.6 Å². The Hall–Kier alpha value is -1.12.